The Kier molecular flexibility index (Phi) is 5.24. The van der Waals surface area contributed by atoms with Gasteiger partial charge >= 0.3 is 0 Å². The first-order valence-corrected chi connectivity index (χ1v) is 8.64. The molecule has 3 rings (SSSR count). The van der Waals surface area contributed by atoms with Crippen LogP contribution in [-0.2, 0) is 6.54 Å². The van der Waals surface area contributed by atoms with Crippen LogP contribution in [0.2, 0.25) is 0 Å². The third-order valence-corrected chi connectivity index (χ3v) is 4.40. The maximum absolute atomic E-state index is 12.4. The molecule has 0 bridgehead atoms. The molecule has 0 radical (unpaired) electrons. The van der Waals surface area contributed by atoms with Crippen molar-refractivity contribution in [1.29, 1.82) is 0 Å². The number of carbonyl (C=O) groups is 1. The van der Waals surface area contributed by atoms with E-state index in [1.54, 1.807) is 13.2 Å². The van der Waals surface area contributed by atoms with Crippen LogP contribution in [0.4, 0.5) is 0 Å². The Balaban J connectivity index is 1.69. The number of hydrogen-bond acceptors (Lipinski definition) is 3. The highest BCUT2D eigenvalue weighted by Crippen LogP contribution is 2.25. The quantitative estimate of drug-likeness (QED) is 0.659. The molecule has 0 aliphatic rings. The highest BCUT2D eigenvalue weighted by atomic mass is 79.9. The van der Waals surface area contributed by atoms with Gasteiger partial charge in [0, 0.05) is 10.0 Å². The van der Waals surface area contributed by atoms with Gasteiger partial charge in [-0.1, -0.05) is 40.2 Å². The minimum absolute atomic E-state index is 0.192. The van der Waals surface area contributed by atoms with Crippen molar-refractivity contribution in [2.24, 2.45) is 0 Å². The fraction of sp³-hybridized carbons (Fsp3) is 0.150. The molecule has 0 aliphatic carbocycles. The SMILES string of the molecule is COc1c(C)cccc1C(=O)NCc1ccc(-c2ccc(Br)cc2)o1. The summed E-state index contributed by atoms with van der Waals surface area (Å²) in [6.07, 6.45) is 0. The molecule has 1 aromatic heterocycles. The summed E-state index contributed by atoms with van der Waals surface area (Å²) in [6, 6.07) is 17.1. The number of nitrogens with one attached hydrogen (secondary N) is 1. The first-order chi connectivity index (χ1) is 12.1. The van der Waals surface area contributed by atoms with Crippen LogP contribution in [0.1, 0.15) is 21.7 Å². The average molecular weight is 400 g/mol. The predicted molar refractivity (Wildman–Crippen MR) is 101 cm³/mol. The summed E-state index contributed by atoms with van der Waals surface area (Å²) in [5.74, 6) is 1.86. The molecule has 1 heterocycles. The third-order valence-electron chi connectivity index (χ3n) is 3.87. The minimum atomic E-state index is -0.192. The Bertz CT molecular complexity index is 884. The van der Waals surface area contributed by atoms with E-state index in [2.05, 4.69) is 21.2 Å². The van der Waals surface area contributed by atoms with Gasteiger partial charge in [-0.05, 0) is 42.8 Å². The van der Waals surface area contributed by atoms with Crippen LogP contribution in [0, 0.1) is 6.92 Å². The largest absolute Gasteiger partial charge is 0.496 e. The number of benzene rings is 2. The normalized spacial score (nSPS) is 10.5. The highest BCUT2D eigenvalue weighted by molar-refractivity contribution is 9.10. The third kappa shape index (κ3) is 3.94. The number of aryl methyl sites for hydroxylation is 1. The van der Waals surface area contributed by atoms with Crippen LogP contribution < -0.4 is 10.1 Å². The number of ether oxygens (including phenoxy) is 1. The molecule has 0 fully saturated rings. The second-order valence-electron chi connectivity index (χ2n) is 5.61. The minimum Gasteiger partial charge on any atom is -0.496 e. The van der Waals surface area contributed by atoms with Crippen molar-refractivity contribution in [2.45, 2.75) is 13.5 Å². The van der Waals surface area contributed by atoms with Gasteiger partial charge in [-0.15, -0.1) is 0 Å². The van der Waals surface area contributed by atoms with Crippen LogP contribution in [-0.4, -0.2) is 13.0 Å². The summed E-state index contributed by atoms with van der Waals surface area (Å²) in [5.41, 5.74) is 2.42. The van der Waals surface area contributed by atoms with Crippen LogP contribution in [0.25, 0.3) is 11.3 Å². The highest BCUT2D eigenvalue weighted by Gasteiger charge is 2.14. The molecule has 1 N–H and O–H groups in total. The molecule has 2 aromatic carbocycles. The Morgan fingerprint density at radius 1 is 1.12 bits per heavy atom. The number of hydrogen-bond donors (Lipinski definition) is 1. The van der Waals surface area contributed by atoms with Gasteiger partial charge < -0.3 is 14.5 Å². The summed E-state index contributed by atoms with van der Waals surface area (Å²) >= 11 is 3.41. The van der Waals surface area contributed by atoms with E-state index >= 15 is 0 Å². The van der Waals surface area contributed by atoms with Crippen molar-refractivity contribution in [1.82, 2.24) is 5.32 Å². The molecule has 1 amide bonds. The zero-order valence-electron chi connectivity index (χ0n) is 14.0. The number of halogens is 1. The maximum atomic E-state index is 12.4. The van der Waals surface area contributed by atoms with E-state index in [9.17, 15) is 4.79 Å². The van der Waals surface area contributed by atoms with Crippen molar-refractivity contribution >= 4 is 21.8 Å². The van der Waals surface area contributed by atoms with Crippen LogP contribution >= 0.6 is 15.9 Å². The van der Waals surface area contributed by atoms with Gasteiger partial charge in [-0.2, -0.15) is 0 Å². The monoisotopic (exact) mass is 399 g/mol. The van der Waals surface area contributed by atoms with E-state index in [1.807, 2.05) is 55.5 Å². The van der Waals surface area contributed by atoms with Crippen molar-refractivity contribution in [2.75, 3.05) is 7.11 Å². The van der Waals surface area contributed by atoms with E-state index in [0.717, 1.165) is 21.4 Å². The van der Waals surface area contributed by atoms with Crippen molar-refractivity contribution in [3.05, 3.63) is 76.0 Å². The zero-order valence-corrected chi connectivity index (χ0v) is 15.6. The molecule has 0 spiro atoms. The van der Waals surface area contributed by atoms with E-state index in [0.29, 0.717) is 23.6 Å². The van der Waals surface area contributed by atoms with Gasteiger partial charge in [-0.25, -0.2) is 0 Å². The molecule has 3 aromatic rings. The second-order valence-corrected chi connectivity index (χ2v) is 6.53. The number of methoxy groups -OCH3 is 1. The van der Waals surface area contributed by atoms with E-state index in [1.165, 1.54) is 0 Å². The molecule has 128 valence electrons. The molecule has 0 unspecified atom stereocenters. The Hall–Kier alpha value is -2.53. The molecular formula is C20H18BrNO3. The van der Waals surface area contributed by atoms with E-state index < -0.39 is 0 Å². The maximum Gasteiger partial charge on any atom is 0.255 e. The number of para-hydroxylation sites is 1. The number of amides is 1. The topological polar surface area (TPSA) is 51.5 Å². The van der Waals surface area contributed by atoms with Crippen LogP contribution in [0.15, 0.2) is 63.5 Å². The lowest BCUT2D eigenvalue weighted by Gasteiger charge is -2.10. The summed E-state index contributed by atoms with van der Waals surface area (Å²) in [5, 5.41) is 2.87. The van der Waals surface area contributed by atoms with Crippen molar-refractivity contribution in [3.63, 3.8) is 0 Å². The summed E-state index contributed by atoms with van der Waals surface area (Å²) < 4.78 is 12.2. The van der Waals surface area contributed by atoms with Crippen molar-refractivity contribution < 1.29 is 13.9 Å². The Morgan fingerprint density at radius 2 is 1.88 bits per heavy atom. The van der Waals surface area contributed by atoms with Gasteiger partial charge in [0.05, 0.1) is 19.2 Å². The first-order valence-electron chi connectivity index (χ1n) is 7.85. The summed E-state index contributed by atoms with van der Waals surface area (Å²) in [7, 11) is 1.57. The lowest BCUT2D eigenvalue weighted by atomic mass is 10.1. The fourth-order valence-corrected chi connectivity index (χ4v) is 2.87. The van der Waals surface area contributed by atoms with Crippen LogP contribution in [0.5, 0.6) is 5.75 Å². The second kappa shape index (κ2) is 7.57. The summed E-state index contributed by atoms with van der Waals surface area (Å²) in [4.78, 5) is 12.4. The standard InChI is InChI=1S/C20H18BrNO3/c1-13-4-3-5-17(19(13)24-2)20(23)22-12-16-10-11-18(25-16)14-6-8-15(21)9-7-14/h3-11H,12H2,1-2H3,(H,22,23). The molecule has 0 aliphatic heterocycles. The lowest BCUT2D eigenvalue weighted by Crippen LogP contribution is -2.23. The van der Waals surface area contributed by atoms with Gasteiger partial charge in [0.25, 0.3) is 5.91 Å². The lowest BCUT2D eigenvalue weighted by molar-refractivity contribution is 0.0945. The molecule has 0 atom stereocenters. The van der Waals surface area contributed by atoms with E-state index in [4.69, 9.17) is 9.15 Å². The Labute approximate surface area is 154 Å². The van der Waals surface area contributed by atoms with Gasteiger partial charge in [0.1, 0.15) is 17.3 Å². The summed E-state index contributed by atoms with van der Waals surface area (Å²) in [6.45, 7) is 2.22. The number of rotatable bonds is 5. The fourth-order valence-electron chi connectivity index (χ4n) is 2.61. The zero-order chi connectivity index (χ0) is 17.8. The smallest absolute Gasteiger partial charge is 0.255 e. The molecule has 5 heteroatoms. The number of carbonyl (C=O) groups excluding carboxylic acids is 1. The van der Waals surface area contributed by atoms with Crippen LogP contribution in [0.3, 0.4) is 0 Å². The first kappa shape index (κ1) is 17.3. The van der Waals surface area contributed by atoms with E-state index in [-0.39, 0.29) is 5.91 Å². The number of furan rings is 1. The molecule has 25 heavy (non-hydrogen) atoms. The van der Waals surface area contributed by atoms with Gasteiger partial charge in [-0.3, -0.25) is 4.79 Å². The Morgan fingerprint density at radius 3 is 2.60 bits per heavy atom. The van der Waals surface area contributed by atoms with Crippen molar-refractivity contribution in [3.8, 4) is 17.1 Å². The molecule has 4 nitrogen and oxygen atoms in total. The van der Waals surface area contributed by atoms with Gasteiger partial charge in [0.15, 0.2) is 0 Å². The molecule has 0 saturated carbocycles. The molecule has 0 saturated heterocycles. The average Bonchev–Trinajstić information content (AvgIpc) is 3.09. The predicted octanol–water partition coefficient (Wildman–Crippen LogP) is 4.96. The molecular weight excluding hydrogens is 382 g/mol. The van der Waals surface area contributed by atoms with Gasteiger partial charge in [0.2, 0.25) is 0 Å².